The average molecular weight is 240 g/mol. The molecule has 2 fully saturated rings. The van der Waals surface area contributed by atoms with Gasteiger partial charge in [0.15, 0.2) is 0 Å². The van der Waals surface area contributed by atoms with E-state index >= 15 is 0 Å². The van der Waals surface area contributed by atoms with Crippen molar-refractivity contribution in [1.29, 1.82) is 0 Å². The van der Waals surface area contributed by atoms with Crippen molar-refractivity contribution in [3.05, 3.63) is 0 Å². The molecule has 0 aromatic heterocycles. The van der Waals surface area contributed by atoms with Gasteiger partial charge < -0.3 is 15.0 Å². The zero-order valence-corrected chi connectivity index (χ0v) is 10.9. The summed E-state index contributed by atoms with van der Waals surface area (Å²) >= 11 is 0. The van der Waals surface area contributed by atoms with Crippen LogP contribution < -0.4 is 5.32 Å². The summed E-state index contributed by atoms with van der Waals surface area (Å²) in [5.41, 5.74) is 0. The Morgan fingerprint density at radius 2 is 2.06 bits per heavy atom. The Kier molecular flexibility index (Phi) is 4.40. The van der Waals surface area contributed by atoms with E-state index in [4.69, 9.17) is 4.74 Å². The van der Waals surface area contributed by atoms with Crippen LogP contribution in [0.15, 0.2) is 0 Å². The third kappa shape index (κ3) is 3.19. The quantitative estimate of drug-likeness (QED) is 0.804. The SMILES string of the molecule is CC(OC1CCCNC1C)C(=O)N1CCCC1. The molecule has 98 valence electrons. The normalized spacial score (nSPS) is 31.5. The highest BCUT2D eigenvalue weighted by atomic mass is 16.5. The Balaban J connectivity index is 1.82. The van der Waals surface area contributed by atoms with Crippen molar-refractivity contribution in [3.63, 3.8) is 0 Å². The molecule has 2 rings (SSSR count). The van der Waals surface area contributed by atoms with Gasteiger partial charge in [-0.25, -0.2) is 0 Å². The van der Waals surface area contributed by atoms with E-state index < -0.39 is 0 Å². The lowest BCUT2D eigenvalue weighted by Crippen LogP contribution is -2.47. The Labute approximate surface area is 104 Å². The second-order valence-electron chi connectivity index (χ2n) is 5.23. The van der Waals surface area contributed by atoms with E-state index in [0.717, 1.165) is 45.3 Å². The van der Waals surface area contributed by atoms with Crippen LogP contribution in [0.3, 0.4) is 0 Å². The first-order valence-corrected chi connectivity index (χ1v) is 6.86. The average Bonchev–Trinajstić information content (AvgIpc) is 2.84. The fraction of sp³-hybridized carbons (Fsp3) is 0.923. The fourth-order valence-electron chi connectivity index (χ4n) is 2.72. The van der Waals surface area contributed by atoms with Crippen molar-refractivity contribution in [1.82, 2.24) is 10.2 Å². The number of nitrogens with zero attached hydrogens (tertiary/aromatic N) is 1. The van der Waals surface area contributed by atoms with Crippen LogP contribution in [0.1, 0.15) is 39.5 Å². The van der Waals surface area contributed by atoms with E-state index in [2.05, 4.69) is 12.2 Å². The molecule has 17 heavy (non-hydrogen) atoms. The Hall–Kier alpha value is -0.610. The molecule has 0 aromatic rings. The van der Waals surface area contributed by atoms with Crippen molar-refractivity contribution < 1.29 is 9.53 Å². The molecule has 2 aliphatic heterocycles. The zero-order valence-electron chi connectivity index (χ0n) is 10.9. The Morgan fingerprint density at radius 1 is 1.35 bits per heavy atom. The number of hydrogen-bond acceptors (Lipinski definition) is 3. The van der Waals surface area contributed by atoms with E-state index in [0.29, 0.717) is 6.04 Å². The molecule has 2 heterocycles. The van der Waals surface area contributed by atoms with Crippen molar-refractivity contribution >= 4 is 5.91 Å². The maximum Gasteiger partial charge on any atom is 0.251 e. The van der Waals surface area contributed by atoms with E-state index in [1.807, 2.05) is 11.8 Å². The predicted octanol–water partition coefficient (Wildman–Crippen LogP) is 1.15. The van der Waals surface area contributed by atoms with Crippen LogP contribution >= 0.6 is 0 Å². The van der Waals surface area contributed by atoms with Gasteiger partial charge >= 0.3 is 0 Å². The smallest absolute Gasteiger partial charge is 0.251 e. The van der Waals surface area contributed by atoms with Crippen LogP contribution in [-0.2, 0) is 9.53 Å². The highest BCUT2D eigenvalue weighted by Gasteiger charge is 2.29. The molecule has 0 radical (unpaired) electrons. The van der Waals surface area contributed by atoms with E-state index in [-0.39, 0.29) is 18.1 Å². The molecule has 4 heteroatoms. The first kappa shape index (κ1) is 12.8. The van der Waals surface area contributed by atoms with Crippen molar-refractivity contribution in [2.24, 2.45) is 0 Å². The maximum absolute atomic E-state index is 12.1. The number of likely N-dealkylation sites (tertiary alicyclic amines) is 1. The molecule has 0 bridgehead atoms. The molecule has 2 saturated heterocycles. The third-order valence-corrected chi connectivity index (χ3v) is 3.83. The molecule has 0 aromatic carbocycles. The number of carbonyl (C=O) groups is 1. The summed E-state index contributed by atoms with van der Waals surface area (Å²) in [7, 11) is 0. The lowest BCUT2D eigenvalue weighted by Gasteiger charge is -2.32. The Morgan fingerprint density at radius 3 is 2.71 bits per heavy atom. The maximum atomic E-state index is 12.1. The van der Waals surface area contributed by atoms with E-state index in [9.17, 15) is 4.79 Å². The minimum absolute atomic E-state index is 0.167. The number of hydrogen-bond donors (Lipinski definition) is 1. The van der Waals surface area contributed by atoms with Crippen LogP contribution in [0.5, 0.6) is 0 Å². The monoisotopic (exact) mass is 240 g/mol. The van der Waals surface area contributed by atoms with Gasteiger partial charge in [-0.3, -0.25) is 4.79 Å². The predicted molar refractivity (Wildman–Crippen MR) is 66.8 cm³/mol. The molecule has 2 aliphatic rings. The molecular weight excluding hydrogens is 216 g/mol. The summed E-state index contributed by atoms with van der Waals surface area (Å²) in [5.74, 6) is 0.167. The van der Waals surface area contributed by atoms with E-state index in [1.165, 1.54) is 0 Å². The van der Waals surface area contributed by atoms with Gasteiger partial charge in [-0.2, -0.15) is 0 Å². The summed E-state index contributed by atoms with van der Waals surface area (Å²) in [4.78, 5) is 14.0. The molecule has 4 nitrogen and oxygen atoms in total. The van der Waals surface area contributed by atoms with E-state index in [1.54, 1.807) is 0 Å². The summed E-state index contributed by atoms with van der Waals surface area (Å²) in [6.07, 6.45) is 4.37. The third-order valence-electron chi connectivity index (χ3n) is 3.83. The highest BCUT2D eigenvalue weighted by molar-refractivity contribution is 5.80. The van der Waals surface area contributed by atoms with Crippen LogP contribution in [0.4, 0.5) is 0 Å². The number of amides is 1. The number of rotatable bonds is 3. The van der Waals surface area contributed by atoms with Crippen molar-refractivity contribution in [2.45, 2.75) is 57.8 Å². The summed E-state index contributed by atoms with van der Waals surface area (Å²) in [6.45, 7) is 6.91. The first-order chi connectivity index (χ1) is 8.18. The van der Waals surface area contributed by atoms with Gasteiger partial charge in [-0.05, 0) is 46.1 Å². The van der Waals surface area contributed by atoms with Gasteiger partial charge in [0.25, 0.3) is 5.91 Å². The van der Waals surface area contributed by atoms with Gasteiger partial charge in [0.2, 0.25) is 0 Å². The molecule has 1 amide bonds. The lowest BCUT2D eigenvalue weighted by molar-refractivity contribution is -0.147. The van der Waals surface area contributed by atoms with Gasteiger partial charge in [0, 0.05) is 19.1 Å². The molecule has 0 saturated carbocycles. The van der Waals surface area contributed by atoms with Gasteiger partial charge in [-0.15, -0.1) is 0 Å². The van der Waals surface area contributed by atoms with Gasteiger partial charge in [0.05, 0.1) is 6.10 Å². The highest BCUT2D eigenvalue weighted by Crippen LogP contribution is 2.17. The first-order valence-electron chi connectivity index (χ1n) is 6.86. The standard InChI is InChI=1S/C13H24N2O2/c1-10-12(6-5-7-14-10)17-11(2)13(16)15-8-3-4-9-15/h10-12,14H,3-9H2,1-2H3. The summed E-state index contributed by atoms with van der Waals surface area (Å²) in [5, 5.41) is 3.40. The summed E-state index contributed by atoms with van der Waals surface area (Å²) in [6, 6.07) is 0.359. The van der Waals surface area contributed by atoms with Crippen LogP contribution in [0.2, 0.25) is 0 Å². The largest absolute Gasteiger partial charge is 0.364 e. The summed E-state index contributed by atoms with van der Waals surface area (Å²) < 4.78 is 5.92. The molecule has 1 N–H and O–H groups in total. The molecule has 3 atom stereocenters. The molecule has 0 spiro atoms. The zero-order chi connectivity index (χ0) is 12.3. The second kappa shape index (κ2) is 5.83. The van der Waals surface area contributed by atoms with Crippen LogP contribution in [0, 0.1) is 0 Å². The second-order valence-corrected chi connectivity index (χ2v) is 5.23. The minimum Gasteiger partial charge on any atom is -0.364 e. The topological polar surface area (TPSA) is 41.6 Å². The Bertz CT molecular complexity index is 264. The van der Waals surface area contributed by atoms with Crippen molar-refractivity contribution in [3.8, 4) is 0 Å². The van der Waals surface area contributed by atoms with Gasteiger partial charge in [-0.1, -0.05) is 0 Å². The molecule has 3 unspecified atom stereocenters. The number of piperidine rings is 1. The fourth-order valence-corrected chi connectivity index (χ4v) is 2.72. The van der Waals surface area contributed by atoms with Gasteiger partial charge in [0.1, 0.15) is 6.10 Å². The number of ether oxygens (including phenoxy) is 1. The van der Waals surface area contributed by atoms with Crippen LogP contribution in [0.25, 0.3) is 0 Å². The molecular formula is C13H24N2O2. The van der Waals surface area contributed by atoms with Crippen LogP contribution in [-0.4, -0.2) is 48.7 Å². The lowest BCUT2D eigenvalue weighted by atomic mass is 10.0. The number of nitrogens with one attached hydrogen (secondary N) is 1. The van der Waals surface area contributed by atoms with Crippen molar-refractivity contribution in [2.75, 3.05) is 19.6 Å². The number of carbonyl (C=O) groups excluding carboxylic acids is 1. The molecule has 0 aliphatic carbocycles. The minimum atomic E-state index is -0.291.